The highest BCUT2D eigenvalue weighted by Crippen LogP contribution is 2.36. The van der Waals surface area contributed by atoms with E-state index in [0.717, 1.165) is 12.1 Å². The second-order valence-corrected chi connectivity index (χ2v) is 8.20. The van der Waals surface area contributed by atoms with Crippen LogP contribution >= 0.6 is 0 Å². The molecule has 140 valence electrons. The first-order chi connectivity index (χ1) is 12.2. The highest BCUT2D eigenvalue weighted by molar-refractivity contribution is 7.88. The summed E-state index contributed by atoms with van der Waals surface area (Å²) in [5, 5.41) is 0. The smallest absolute Gasteiger partial charge is 0.212 e. The Morgan fingerprint density at radius 1 is 1.08 bits per heavy atom. The van der Waals surface area contributed by atoms with Gasteiger partial charge in [0.2, 0.25) is 10.0 Å². The molecule has 3 nitrogen and oxygen atoms in total. The standard InChI is InChI=1S/C18H17F4NO2S/c19-16-8-6-14(7-9-16)17-5-2-10-23(17)26(24,25)12-13-3-1-4-15(11-13)18(20,21)22/h1,3-4,6-9,11,17H,2,5,10,12H2. The maximum Gasteiger partial charge on any atom is 0.416 e. The lowest BCUT2D eigenvalue weighted by Gasteiger charge is -2.24. The van der Waals surface area contributed by atoms with Crippen LogP contribution in [0, 0.1) is 5.82 Å². The minimum absolute atomic E-state index is 0.0876. The maximum atomic E-state index is 13.1. The lowest BCUT2D eigenvalue weighted by Crippen LogP contribution is -2.31. The number of benzene rings is 2. The quantitative estimate of drug-likeness (QED) is 0.724. The normalized spacial score (nSPS) is 19.0. The number of rotatable bonds is 4. The maximum absolute atomic E-state index is 13.1. The molecule has 0 saturated carbocycles. The van der Waals surface area contributed by atoms with Gasteiger partial charge in [0.15, 0.2) is 0 Å². The highest BCUT2D eigenvalue weighted by Gasteiger charge is 2.36. The molecule has 1 atom stereocenters. The Morgan fingerprint density at radius 3 is 2.42 bits per heavy atom. The Kier molecular flexibility index (Phi) is 5.07. The van der Waals surface area contributed by atoms with Gasteiger partial charge in [0, 0.05) is 12.6 Å². The van der Waals surface area contributed by atoms with Gasteiger partial charge in [-0.3, -0.25) is 0 Å². The molecule has 2 aromatic rings. The van der Waals surface area contributed by atoms with Crippen molar-refractivity contribution in [3.05, 3.63) is 71.0 Å². The molecule has 0 N–H and O–H groups in total. The van der Waals surface area contributed by atoms with Crippen molar-refractivity contribution in [1.82, 2.24) is 4.31 Å². The summed E-state index contributed by atoms with van der Waals surface area (Å²) >= 11 is 0. The zero-order chi connectivity index (χ0) is 18.9. The molecule has 1 heterocycles. The molecule has 3 rings (SSSR count). The molecule has 0 spiro atoms. The summed E-state index contributed by atoms with van der Waals surface area (Å²) in [4.78, 5) is 0. The van der Waals surface area contributed by atoms with E-state index in [1.165, 1.54) is 40.7 Å². The second-order valence-electron chi connectivity index (χ2n) is 6.27. The summed E-state index contributed by atoms with van der Waals surface area (Å²) in [6.07, 6.45) is -3.29. The third-order valence-corrected chi connectivity index (χ3v) is 6.27. The van der Waals surface area contributed by atoms with Gasteiger partial charge in [-0.1, -0.05) is 30.3 Å². The molecule has 26 heavy (non-hydrogen) atoms. The van der Waals surface area contributed by atoms with E-state index in [2.05, 4.69) is 0 Å². The van der Waals surface area contributed by atoms with Gasteiger partial charge in [0.1, 0.15) is 5.82 Å². The zero-order valence-corrected chi connectivity index (χ0v) is 14.5. The van der Waals surface area contributed by atoms with Gasteiger partial charge < -0.3 is 0 Å². The minimum atomic E-state index is -4.52. The zero-order valence-electron chi connectivity index (χ0n) is 13.7. The second kappa shape index (κ2) is 7.00. The van der Waals surface area contributed by atoms with E-state index in [1.54, 1.807) is 0 Å². The van der Waals surface area contributed by atoms with Crippen LogP contribution in [0.25, 0.3) is 0 Å². The lowest BCUT2D eigenvalue weighted by atomic mass is 10.1. The topological polar surface area (TPSA) is 37.4 Å². The van der Waals surface area contributed by atoms with E-state index in [0.29, 0.717) is 24.9 Å². The number of hydrogen-bond acceptors (Lipinski definition) is 2. The van der Waals surface area contributed by atoms with Gasteiger partial charge in [-0.2, -0.15) is 17.5 Å². The summed E-state index contributed by atoms with van der Waals surface area (Å²) in [6.45, 7) is 0.295. The molecular formula is C18H17F4NO2S. The van der Waals surface area contributed by atoms with Gasteiger partial charge in [-0.05, 0) is 42.2 Å². The fourth-order valence-corrected chi connectivity index (χ4v) is 5.01. The van der Waals surface area contributed by atoms with Crippen molar-refractivity contribution in [2.45, 2.75) is 30.8 Å². The molecule has 0 amide bonds. The molecule has 1 unspecified atom stereocenters. The average Bonchev–Trinajstić information content (AvgIpc) is 3.05. The third-order valence-electron chi connectivity index (χ3n) is 4.42. The summed E-state index contributed by atoms with van der Waals surface area (Å²) in [6, 6.07) is 9.54. The predicted octanol–water partition coefficient (Wildman–Crippen LogP) is 4.51. The van der Waals surface area contributed by atoms with Gasteiger partial charge in [-0.15, -0.1) is 0 Å². The SMILES string of the molecule is O=S(=O)(Cc1cccc(C(F)(F)F)c1)N1CCCC1c1ccc(F)cc1. The van der Waals surface area contributed by atoms with Crippen molar-refractivity contribution in [2.24, 2.45) is 0 Å². The summed E-state index contributed by atoms with van der Waals surface area (Å²) in [5.74, 6) is -0.917. The number of sulfonamides is 1. The van der Waals surface area contributed by atoms with Gasteiger partial charge in [0.25, 0.3) is 0 Å². The van der Waals surface area contributed by atoms with Crippen LogP contribution in [-0.4, -0.2) is 19.3 Å². The minimum Gasteiger partial charge on any atom is -0.212 e. The molecule has 0 bridgehead atoms. The van der Waals surface area contributed by atoms with Crippen molar-refractivity contribution in [1.29, 1.82) is 0 Å². The number of hydrogen-bond donors (Lipinski definition) is 0. The first-order valence-corrected chi connectivity index (χ1v) is 9.69. The Labute approximate surface area is 149 Å². The van der Waals surface area contributed by atoms with Crippen molar-refractivity contribution in [3.8, 4) is 0 Å². The van der Waals surface area contributed by atoms with E-state index in [9.17, 15) is 26.0 Å². The van der Waals surface area contributed by atoms with E-state index in [-0.39, 0.29) is 5.56 Å². The molecule has 1 aliphatic rings. The van der Waals surface area contributed by atoms with Crippen LogP contribution < -0.4 is 0 Å². The molecule has 1 saturated heterocycles. The monoisotopic (exact) mass is 387 g/mol. The Morgan fingerprint density at radius 2 is 1.77 bits per heavy atom. The molecule has 0 radical (unpaired) electrons. The van der Waals surface area contributed by atoms with Crippen molar-refractivity contribution < 1.29 is 26.0 Å². The van der Waals surface area contributed by atoms with Crippen LogP contribution in [0.3, 0.4) is 0 Å². The molecular weight excluding hydrogens is 370 g/mol. The van der Waals surface area contributed by atoms with Crippen LogP contribution in [0.5, 0.6) is 0 Å². The lowest BCUT2D eigenvalue weighted by molar-refractivity contribution is -0.137. The van der Waals surface area contributed by atoms with Crippen LogP contribution in [0.15, 0.2) is 48.5 Å². The Bertz CT molecular complexity index is 879. The van der Waals surface area contributed by atoms with Crippen molar-refractivity contribution in [3.63, 3.8) is 0 Å². The van der Waals surface area contributed by atoms with Gasteiger partial charge in [0.05, 0.1) is 11.3 Å². The summed E-state index contributed by atoms with van der Waals surface area (Å²) in [7, 11) is -3.81. The summed E-state index contributed by atoms with van der Waals surface area (Å²) < 4.78 is 78.5. The first kappa shape index (κ1) is 18.8. The molecule has 1 fully saturated rings. The van der Waals surface area contributed by atoms with E-state index in [1.807, 2.05) is 0 Å². The van der Waals surface area contributed by atoms with Crippen LogP contribution in [0.2, 0.25) is 0 Å². The molecule has 2 aromatic carbocycles. The molecule has 0 aliphatic carbocycles. The third kappa shape index (κ3) is 4.07. The number of alkyl halides is 3. The Balaban J connectivity index is 1.84. The van der Waals surface area contributed by atoms with Crippen LogP contribution in [-0.2, 0) is 22.0 Å². The van der Waals surface area contributed by atoms with E-state index >= 15 is 0 Å². The molecule has 0 aromatic heterocycles. The highest BCUT2D eigenvalue weighted by atomic mass is 32.2. The molecule has 1 aliphatic heterocycles. The van der Waals surface area contributed by atoms with E-state index in [4.69, 9.17) is 0 Å². The van der Waals surface area contributed by atoms with Crippen molar-refractivity contribution in [2.75, 3.05) is 6.54 Å². The van der Waals surface area contributed by atoms with E-state index < -0.39 is 39.4 Å². The van der Waals surface area contributed by atoms with Crippen LogP contribution in [0.4, 0.5) is 17.6 Å². The summed E-state index contributed by atoms with van der Waals surface area (Å²) in [5.41, 5.74) is -0.109. The Hall–Kier alpha value is -1.93. The predicted molar refractivity (Wildman–Crippen MR) is 89.1 cm³/mol. The number of halogens is 4. The van der Waals surface area contributed by atoms with Crippen LogP contribution in [0.1, 0.15) is 35.6 Å². The number of nitrogens with zero attached hydrogens (tertiary/aromatic N) is 1. The fourth-order valence-electron chi connectivity index (χ4n) is 3.22. The average molecular weight is 387 g/mol. The van der Waals surface area contributed by atoms with Gasteiger partial charge in [-0.25, -0.2) is 12.8 Å². The fraction of sp³-hybridized carbons (Fsp3) is 0.333. The van der Waals surface area contributed by atoms with Crippen molar-refractivity contribution >= 4 is 10.0 Å². The largest absolute Gasteiger partial charge is 0.416 e. The first-order valence-electron chi connectivity index (χ1n) is 8.08. The van der Waals surface area contributed by atoms with Gasteiger partial charge >= 0.3 is 6.18 Å². The molecule has 8 heteroatoms.